The number of carbonyl (C=O) groups is 2. The average Bonchev–Trinajstić information content (AvgIpc) is 2.51. The number of carboxylic acid groups (broad SMARTS) is 1. The molecule has 0 saturated carbocycles. The van der Waals surface area contributed by atoms with Crippen molar-refractivity contribution >= 4 is 27.8 Å². The number of carbonyl (C=O) groups excluding carboxylic acids is 1. The summed E-state index contributed by atoms with van der Waals surface area (Å²) in [6, 6.07) is 3.71. The third-order valence-electron chi connectivity index (χ3n) is 3.70. The van der Waals surface area contributed by atoms with Crippen LogP contribution >= 0.6 is 15.9 Å². The summed E-state index contributed by atoms with van der Waals surface area (Å²) in [4.78, 5) is 24.8. The lowest BCUT2D eigenvalue weighted by molar-refractivity contribution is -0.145. The third kappa shape index (κ3) is 2.85. The Bertz CT molecular complexity index is 549. The van der Waals surface area contributed by atoms with Gasteiger partial charge >= 0.3 is 5.97 Å². The molecule has 1 aromatic rings. The minimum atomic E-state index is -1.00. The van der Waals surface area contributed by atoms with Gasteiger partial charge in [-0.3, -0.25) is 9.59 Å². The van der Waals surface area contributed by atoms with Gasteiger partial charge in [-0.25, -0.2) is 4.39 Å². The fourth-order valence-corrected chi connectivity index (χ4v) is 2.99. The van der Waals surface area contributed by atoms with Crippen LogP contribution in [0.1, 0.15) is 30.9 Å². The molecule has 0 aromatic heterocycles. The molecule has 20 heavy (non-hydrogen) atoms. The lowest BCUT2D eigenvalue weighted by Crippen LogP contribution is -2.36. The van der Waals surface area contributed by atoms with E-state index in [1.807, 2.05) is 0 Å². The second kappa shape index (κ2) is 5.91. The maximum absolute atomic E-state index is 14.1. The van der Waals surface area contributed by atoms with E-state index in [2.05, 4.69) is 15.9 Å². The van der Waals surface area contributed by atoms with Crippen molar-refractivity contribution in [1.29, 1.82) is 0 Å². The second-order valence-electron chi connectivity index (χ2n) is 4.95. The van der Waals surface area contributed by atoms with Gasteiger partial charge in [0, 0.05) is 23.5 Å². The van der Waals surface area contributed by atoms with E-state index < -0.39 is 23.7 Å². The highest BCUT2D eigenvalue weighted by Crippen LogP contribution is 2.36. The molecule has 6 heteroatoms. The number of hydrogen-bond donors (Lipinski definition) is 1. The molecule has 0 aliphatic carbocycles. The summed E-state index contributed by atoms with van der Waals surface area (Å²) in [7, 11) is 1.54. The van der Waals surface area contributed by atoms with Crippen LogP contribution in [0.5, 0.6) is 0 Å². The Morgan fingerprint density at radius 2 is 2.20 bits per heavy atom. The van der Waals surface area contributed by atoms with Crippen molar-refractivity contribution in [2.24, 2.45) is 5.92 Å². The van der Waals surface area contributed by atoms with Crippen molar-refractivity contribution in [3.8, 4) is 0 Å². The molecule has 1 heterocycles. The SMILES string of the molecule is CN1C(=O)CCCC(C(=O)O)C1c1ccc(Br)cc1F. The second-order valence-corrected chi connectivity index (χ2v) is 5.87. The third-order valence-corrected chi connectivity index (χ3v) is 4.19. The molecule has 1 amide bonds. The zero-order valence-corrected chi connectivity index (χ0v) is 12.6. The maximum Gasteiger partial charge on any atom is 0.308 e. The molecule has 0 radical (unpaired) electrons. The van der Waals surface area contributed by atoms with Gasteiger partial charge in [-0.1, -0.05) is 22.0 Å². The lowest BCUT2D eigenvalue weighted by Gasteiger charge is -2.31. The van der Waals surface area contributed by atoms with Crippen molar-refractivity contribution in [1.82, 2.24) is 4.90 Å². The van der Waals surface area contributed by atoms with E-state index in [0.717, 1.165) is 0 Å². The number of nitrogens with zero attached hydrogens (tertiary/aromatic N) is 1. The summed E-state index contributed by atoms with van der Waals surface area (Å²) < 4.78 is 14.7. The monoisotopic (exact) mass is 343 g/mol. The minimum absolute atomic E-state index is 0.152. The van der Waals surface area contributed by atoms with Crippen LogP contribution in [0.25, 0.3) is 0 Å². The van der Waals surface area contributed by atoms with E-state index in [1.165, 1.54) is 24.1 Å². The summed E-state index contributed by atoms with van der Waals surface area (Å²) in [5, 5.41) is 9.37. The Morgan fingerprint density at radius 3 is 2.80 bits per heavy atom. The van der Waals surface area contributed by atoms with Gasteiger partial charge in [0.25, 0.3) is 0 Å². The van der Waals surface area contributed by atoms with Gasteiger partial charge in [-0.05, 0) is 25.0 Å². The van der Waals surface area contributed by atoms with Gasteiger partial charge in [0.05, 0.1) is 12.0 Å². The van der Waals surface area contributed by atoms with E-state index in [0.29, 0.717) is 23.7 Å². The molecule has 0 spiro atoms. The molecule has 4 nitrogen and oxygen atoms in total. The molecular formula is C14H15BrFNO3. The number of benzene rings is 1. The van der Waals surface area contributed by atoms with E-state index in [9.17, 15) is 19.1 Å². The highest BCUT2D eigenvalue weighted by Gasteiger charge is 2.38. The first kappa shape index (κ1) is 15.0. The predicted octanol–water partition coefficient (Wildman–Crippen LogP) is 2.97. The number of aliphatic carboxylic acids is 1. The van der Waals surface area contributed by atoms with Crippen molar-refractivity contribution in [3.63, 3.8) is 0 Å². The molecule has 2 rings (SSSR count). The zero-order valence-electron chi connectivity index (χ0n) is 11.0. The lowest BCUT2D eigenvalue weighted by atomic mass is 9.89. The molecule has 108 valence electrons. The summed E-state index contributed by atoms with van der Waals surface area (Å²) >= 11 is 3.17. The number of carboxylic acids is 1. The molecule has 1 aromatic carbocycles. The molecule has 1 N–H and O–H groups in total. The molecule has 1 fully saturated rings. The Labute approximate surface area is 124 Å². The van der Waals surface area contributed by atoms with Crippen molar-refractivity contribution < 1.29 is 19.1 Å². The maximum atomic E-state index is 14.1. The van der Waals surface area contributed by atoms with E-state index in [-0.39, 0.29) is 11.5 Å². The largest absolute Gasteiger partial charge is 0.481 e. The van der Waals surface area contributed by atoms with Crippen LogP contribution in [0.3, 0.4) is 0 Å². The van der Waals surface area contributed by atoms with Crippen LogP contribution in [-0.2, 0) is 9.59 Å². The van der Waals surface area contributed by atoms with Gasteiger partial charge in [-0.2, -0.15) is 0 Å². The Hall–Kier alpha value is -1.43. The normalized spacial score (nSPS) is 23.6. The first-order valence-electron chi connectivity index (χ1n) is 6.35. The number of amides is 1. The summed E-state index contributed by atoms with van der Waals surface area (Å²) in [6.07, 6.45) is 1.18. The molecule has 2 unspecified atom stereocenters. The first-order chi connectivity index (χ1) is 9.41. The quantitative estimate of drug-likeness (QED) is 0.897. The van der Waals surface area contributed by atoms with Crippen LogP contribution in [-0.4, -0.2) is 28.9 Å². The molecule has 1 aliphatic rings. The summed E-state index contributed by atoms with van der Waals surface area (Å²) in [5.41, 5.74) is 0.248. The Morgan fingerprint density at radius 1 is 1.50 bits per heavy atom. The van der Waals surface area contributed by atoms with Crippen molar-refractivity contribution in [3.05, 3.63) is 34.1 Å². The minimum Gasteiger partial charge on any atom is -0.481 e. The molecule has 1 aliphatic heterocycles. The summed E-state index contributed by atoms with van der Waals surface area (Å²) in [5.74, 6) is -2.45. The number of halogens is 2. The number of likely N-dealkylation sites (tertiary alicyclic amines) is 1. The van der Waals surface area contributed by atoms with E-state index >= 15 is 0 Å². The molecule has 2 atom stereocenters. The predicted molar refractivity (Wildman–Crippen MR) is 74.6 cm³/mol. The highest BCUT2D eigenvalue weighted by molar-refractivity contribution is 9.10. The van der Waals surface area contributed by atoms with Gasteiger partial charge < -0.3 is 10.0 Å². The fourth-order valence-electron chi connectivity index (χ4n) is 2.66. The van der Waals surface area contributed by atoms with E-state index in [1.54, 1.807) is 6.07 Å². The standard InChI is InChI=1S/C14H15BrFNO3/c1-17-12(18)4-2-3-10(14(19)20)13(17)9-6-5-8(15)7-11(9)16/h5-7,10,13H,2-4H2,1H3,(H,19,20). The van der Waals surface area contributed by atoms with Crippen LogP contribution in [0.2, 0.25) is 0 Å². The number of rotatable bonds is 2. The smallest absolute Gasteiger partial charge is 0.308 e. The Kier molecular flexibility index (Phi) is 4.42. The van der Waals surface area contributed by atoms with Gasteiger partial charge in [0.15, 0.2) is 0 Å². The first-order valence-corrected chi connectivity index (χ1v) is 7.14. The Balaban J connectivity index is 2.50. The van der Waals surface area contributed by atoms with Crippen LogP contribution in [0.15, 0.2) is 22.7 Å². The average molecular weight is 344 g/mol. The topological polar surface area (TPSA) is 57.6 Å². The van der Waals surface area contributed by atoms with Crippen LogP contribution in [0.4, 0.5) is 4.39 Å². The van der Waals surface area contributed by atoms with Gasteiger partial charge in [0.2, 0.25) is 5.91 Å². The van der Waals surface area contributed by atoms with Crippen molar-refractivity contribution in [2.75, 3.05) is 7.05 Å². The highest BCUT2D eigenvalue weighted by atomic mass is 79.9. The summed E-state index contributed by atoms with van der Waals surface area (Å²) in [6.45, 7) is 0. The van der Waals surface area contributed by atoms with Crippen LogP contribution in [0, 0.1) is 11.7 Å². The van der Waals surface area contributed by atoms with E-state index in [4.69, 9.17) is 0 Å². The van der Waals surface area contributed by atoms with Gasteiger partial charge in [-0.15, -0.1) is 0 Å². The molecule has 1 saturated heterocycles. The zero-order chi connectivity index (χ0) is 14.9. The van der Waals surface area contributed by atoms with Gasteiger partial charge in [0.1, 0.15) is 5.82 Å². The number of hydrogen-bond acceptors (Lipinski definition) is 2. The molecule has 0 bridgehead atoms. The van der Waals surface area contributed by atoms with Crippen LogP contribution < -0.4 is 0 Å². The fraction of sp³-hybridized carbons (Fsp3) is 0.429. The van der Waals surface area contributed by atoms with Crippen molar-refractivity contribution in [2.45, 2.75) is 25.3 Å². The molecular weight excluding hydrogens is 329 g/mol.